The molecule has 0 amide bonds. The molecule has 2 heterocycles. The second-order valence-corrected chi connectivity index (χ2v) is 7.04. The Balaban J connectivity index is 2.36. The van der Waals surface area contributed by atoms with Gasteiger partial charge in [0.25, 0.3) is 0 Å². The summed E-state index contributed by atoms with van der Waals surface area (Å²) in [5, 5.41) is 8.45. The molecule has 2 N–H and O–H groups in total. The molecular formula is C16H27N3O. The maximum Gasteiger partial charge on any atom is 0.0680 e. The first-order valence-corrected chi connectivity index (χ1v) is 7.45. The Labute approximate surface area is 122 Å². The molecule has 2 rings (SSSR count). The number of hydrogen-bond acceptors (Lipinski definition) is 4. The minimum Gasteiger partial charge on any atom is -0.369 e. The quantitative estimate of drug-likeness (QED) is 0.922. The van der Waals surface area contributed by atoms with Crippen LogP contribution in [-0.2, 0) is 11.2 Å². The van der Waals surface area contributed by atoms with Gasteiger partial charge in [-0.05, 0) is 59.1 Å². The molecule has 4 nitrogen and oxygen atoms in total. The van der Waals surface area contributed by atoms with Crippen molar-refractivity contribution < 1.29 is 4.74 Å². The molecule has 112 valence electrons. The van der Waals surface area contributed by atoms with Crippen LogP contribution in [0.25, 0.3) is 0 Å². The van der Waals surface area contributed by atoms with E-state index in [1.165, 1.54) is 0 Å². The average Bonchev–Trinajstić information content (AvgIpc) is 2.56. The first-order valence-electron chi connectivity index (χ1n) is 7.45. The lowest BCUT2D eigenvalue weighted by Crippen LogP contribution is -2.36. The molecule has 2 atom stereocenters. The highest BCUT2D eigenvalue weighted by Crippen LogP contribution is 2.47. The molecule has 0 spiro atoms. The van der Waals surface area contributed by atoms with E-state index in [2.05, 4.69) is 50.9 Å². The summed E-state index contributed by atoms with van der Waals surface area (Å²) in [6, 6.07) is 2.02. The predicted molar refractivity (Wildman–Crippen MR) is 80.4 cm³/mol. The molecule has 2 unspecified atom stereocenters. The molecule has 0 radical (unpaired) electrons. The van der Waals surface area contributed by atoms with Crippen molar-refractivity contribution in [3.8, 4) is 0 Å². The lowest BCUT2D eigenvalue weighted by atomic mass is 9.79. The Kier molecular flexibility index (Phi) is 3.91. The number of aromatic nitrogens is 2. The second-order valence-electron chi connectivity index (χ2n) is 7.04. The molecule has 1 fully saturated rings. The lowest BCUT2D eigenvalue weighted by molar-refractivity contribution is -0.0767. The van der Waals surface area contributed by atoms with Gasteiger partial charge in [0.1, 0.15) is 0 Å². The van der Waals surface area contributed by atoms with Crippen LogP contribution >= 0.6 is 0 Å². The molecule has 0 aromatic carbocycles. The fraction of sp³-hybridized carbons (Fsp3) is 0.750. The third kappa shape index (κ3) is 2.86. The summed E-state index contributed by atoms with van der Waals surface area (Å²) in [5.74, 6) is 0.284. The standard InChI is InChI=1S/C16H27N3O/c1-7-13-11(8-10(2)18-19-13)14(17)12-9-15(3,4)20-16(12,5)6/h8,12,14H,7,9,17H2,1-6H3. The van der Waals surface area contributed by atoms with Crippen LogP contribution in [0.1, 0.15) is 64.0 Å². The van der Waals surface area contributed by atoms with Crippen LogP contribution in [0.4, 0.5) is 0 Å². The molecule has 0 saturated carbocycles. The van der Waals surface area contributed by atoms with Crippen molar-refractivity contribution in [3.63, 3.8) is 0 Å². The average molecular weight is 277 g/mol. The Morgan fingerprint density at radius 1 is 1.35 bits per heavy atom. The van der Waals surface area contributed by atoms with Crippen LogP contribution in [0.3, 0.4) is 0 Å². The molecule has 1 saturated heterocycles. The summed E-state index contributed by atoms with van der Waals surface area (Å²) in [7, 11) is 0. The zero-order valence-corrected chi connectivity index (χ0v) is 13.5. The number of nitrogens with two attached hydrogens (primary N) is 1. The van der Waals surface area contributed by atoms with Gasteiger partial charge in [-0.25, -0.2) is 0 Å². The molecule has 1 aliphatic rings. The Morgan fingerprint density at radius 3 is 2.50 bits per heavy atom. The predicted octanol–water partition coefficient (Wildman–Crippen LogP) is 2.94. The zero-order chi connectivity index (χ0) is 15.1. The largest absolute Gasteiger partial charge is 0.369 e. The van der Waals surface area contributed by atoms with Crippen LogP contribution in [0.15, 0.2) is 6.07 Å². The summed E-state index contributed by atoms with van der Waals surface area (Å²) in [5.41, 5.74) is 9.31. The number of hydrogen-bond donors (Lipinski definition) is 1. The van der Waals surface area contributed by atoms with Crippen molar-refractivity contribution in [2.24, 2.45) is 11.7 Å². The van der Waals surface area contributed by atoms with Crippen LogP contribution < -0.4 is 5.73 Å². The summed E-state index contributed by atoms with van der Waals surface area (Å²) >= 11 is 0. The minimum atomic E-state index is -0.217. The summed E-state index contributed by atoms with van der Waals surface area (Å²) in [6.45, 7) is 12.6. The Bertz CT molecular complexity index is 496. The highest BCUT2D eigenvalue weighted by molar-refractivity contribution is 5.26. The number of ether oxygens (including phenoxy) is 1. The molecule has 1 aromatic heterocycles. The van der Waals surface area contributed by atoms with Gasteiger partial charge in [0.15, 0.2) is 0 Å². The number of aryl methyl sites for hydroxylation is 2. The van der Waals surface area contributed by atoms with Crippen molar-refractivity contribution in [1.29, 1.82) is 0 Å². The van der Waals surface area contributed by atoms with E-state index in [0.29, 0.717) is 0 Å². The van der Waals surface area contributed by atoms with Gasteiger partial charge < -0.3 is 10.5 Å². The van der Waals surface area contributed by atoms with Crippen LogP contribution in [0.2, 0.25) is 0 Å². The third-order valence-electron chi connectivity index (χ3n) is 4.30. The highest BCUT2D eigenvalue weighted by atomic mass is 16.5. The Hall–Kier alpha value is -1.00. The van der Waals surface area contributed by atoms with Crippen molar-refractivity contribution >= 4 is 0 Å². The van der Waals surface area contributed by atoms with E-state index in [-0.39, 0.29) is 23.2 Å². The normalized spacial score (nSPS) is 25.6. The highest BCUT2D eigenvalue weighted by Gasteiger charge is 2.48. The van der Waals surface area contributed by atoms with E-state index in [0.717, 1.165) is 29.8 Å². The monoisotopic (exact) mass is 277 g/mol. The van der Waals surface area contributed by atoms with Gasteiger partial charge >= 0.3 is 0 Å². The maximum atomic E-state index is 6.59. The van der Waals surface area contributed by atoms with Crippen LogP contribution in [-0.4, -0.2) is 21.4 Å². The van der Waals surface area contributed by atoms with Gasteiger partial charge in [-0.2, -0.15) is 10.2 Å². The number of nitrogens with zero attached hydrogens (tertiary/aromatic N) is 2. The third-order valence-corrected chi connectivity index (χ3v) is 4.30. The lowest BCUT2D eigenvalue weighted by Gasteiger charge is -2.31. The fourth-order valence-corrected chi connectivity index (χ4v) is 3.48. The van der Waals surface area contributed by atoms with Crippen LogP contribution in [0, 0.1) is 12.8 Å². The fourth-order valence-electron chi connectivity index (χ4n) is 3.48. The van der Waals surface area contributed by atoms with E-state index >= 15 is 0 Å². The van der Waals surface area contributed by atoms with Gasteiger partial charge in [-0.3, -0.25) is 0 Å². The van der Waals surface area contributed by atoms with E-state index in [1.807, 2.05) is 6.92 Å². The second kappa shape index (κ2) is 5.08. The first kappa shape index (κ1) is 15.4. The van der Waals surface area contributed by atoms with Gasteiger partial charge in [-0.15, -0.1) is 0 Å². The minimum absolute atomic E-state index is 0.0593. The molecule has 1 aliphatic heterocycles. The van der Waals surface area contributed by atoms with E-state index < -0.39 is 0 Å². The summed E-state index contributed by atoms with van der Waals surface area (Å²) in [6.07, 6.45) is 1.82. The van der Waals surface area contributed by atoms with Crippen molar-refractivity contribution in [2.45, 2.75) is 71.6 Å². The first-order chi connectivity index (χ1) is 9.16. The topological polar surface area (TPSA) is 61.0 Å². The smallest absolute Gasteiger partial charge is 0.0680 e. The molecule has 4 heteroatoms. The maximum absolute atomic E-state index is 6.59. The summed E-state index contributed by atoms with van der Waals surface area (Å²) < 4.78 is 6.18. The molecule has 0 aliphatic carbocycles. The van der Waals surface area contributed by atoms with E-state index in [9.17, 15) is 0 Å². The van der Waals surface area contributed by atoms with Crippen molar-refractivity contribution in [2.75, 3.05) is 0 Å². The summed E-state index contributed by atoms with van der Waals surface area (Å²) in [4.78, 5) is 0. The van der Waals surface area contributed by atoms with E-state index in [4.69, 9.17) is 10.5 Å². The molecule has 20 heavy (non-hydrogen) atoms. The molecule has 0 bridgehead atoms. The van der Waals surface area contributed by atoms with E-state index in [1.54, 1.807) is 0 Å². The molecule has 1 aromatic rings. The Morgan fingerprint density at radius 2 is 2.00 bits per heavy atom. The van der Waals surface area contributed by atoms with Gasteiger partial charge in [0, 0.05) is 12.0 Å². The molecular weight excluding hydrogens is 250 g/mol. The van der Waals surface area contributed by atoms with Gasteiger partial charge in [-0.1, -0.05) is 6.92 Å². The van der Waals surface area contributed by atoms with Crippen molar-refractivity contribution in [1.82, 2.24) is 10.2 Å². The SMILES string of the molecule is CCc1nnc(C)cc1C(N)C1CC(C)(C)OC1(C)C. The van der Waals surface area contributed by atoms with Gasteiger partial charge in [0.2, 0.25) is 0 Å². The van der Waals surface area contributed by atoms with Crippen LogP contribution in [0.5, 0.6) is 0 Å². The van der Waals surface area contributed by atoms with Crippen molar-refractivity contribution in [3.05, 3.63) is 23.0 Å². The van der Waals surface area contributed by atoms with Gasteiger partial charge in [0.05, 0.1) is 22.6 Å². The number of rotatable bonds is 3. The zero-order valence-electron chi connectivity index (χ0n) is 13.5.